The van der Waals surface area contributed by atoms with E-state index in [1.54, 1.807) is 0 Å². The third kappa shape index (κ3) is 4.69. The maximum Gasteiger partial charge on any atom is 0.251 e. The van der Waals surface area contributed by atoms with Crippen molar-refractivity contribution in [3.05, 3.63) is 46.5 Å². The van der Waals surface area contributed by atoms with Crippen LogP contribution in [0.3, 0.4) is 0 Å². The highest BCUT2D eigenvalue weighted by Gasteiger charge is 2.08. The molecule has 104 valence electrons. The number of carbonyl (C=O) groups is 1. The van der Waals surface area contributed by atoms with Gasteiger partial charge in [0.2, 0.25) is 0 Å². The van der Waals surface area contributed by atoms with Crippen LogP contribution in [0.5, 0.6) is 0 Å². The summed E-state index contributed by atoms with van der Waals surface area (Å²) >= 11 is 0. The molecule has 0 aromatic heterocycles. The molecule has 1 aliphatic rings. The van der Waals surface area contributed by atoms with E-state index in [0.717, 1.165) is 36.2 Å². The minimum atomic E-state index is 0. The molecule has 0 saturated heterocycles. The topological polar surface area (TPSA) is 41.1 Å². The number of aryl methyl sites for hydroxylation is 2. The van der Waals surface area contributed by atoms with Crippen molar-refractivity contribution in [2.75, 3.05) is 19.6 Å². The molecule has 0 atom stereocenters. The Hall–Kier alpha value is -1.32. The second-order valence-corrected chi connectivity index (χ2v) is 4.88. The first-order chi connectivity index (χ1) is 8.65. The number of hydrogen-bond acceptors (Lipinski definition) is 2. The Morgan fingerprint density at radius 3 is 2.53 bits per heavy atom. The molecule has 1 heterocycles. The lowest BCUT2D eigenvalue weighted by atomic mass is 10.1. The summed E-state index contributed by atoms with van der Waals surface area (Å²) < 4.78 is 0. The molecule has 19 heavy (non-hydrogen) atoms. The van der Waals surface area contributed by atoms with E-state index in [2.05, 4.69) is 22.8 Å². The van der Waals surface area contributed by atoms with Crippen LogP contribution in [0, 0.1) is 13.8 Å². The fourth-order valence-corrected chi connectivity index (χ4v) is 2.23. The van der Waals surface area contributed by atoms with Gasteiger partial charge in [0.1, 0.15) is 0 Å². The number of hydrogen-bond donors (Lipinski definition) is 2. The maximum absolute atomic E-state index is 12.0. The molecule has 2 rings (SSSR count). The first-order valence-corrected chi connectivity index (χ1v) is 6.40. The molecule has 1 amide bonds. The summed E-state index contributed by atoms with van der Waals surface area (Å²) in [5, 5.41) is 6.25. The van der Waals surface area contributed by atoms with Gasteiger partial charge >= 0.3 is 0 Å². The van der Waals surface area contributed by atoms with Gasteiger partial charge in [-0.1, -0.05) is 28.8 Å². The van der Waals surface area contributed by atoms with Crippen LogP contribution >= 0.6 is 12.4 Å². The quantitative estimate of drug-likeness (QED) is 0.835. The van der Waals surface area contributed by atoms with Gasteiger partial charge in [0.15, 0.2) is 0 Å². The Bertz CT molecular complexity index is 463. The number of amides is 1. The highest BCUT2D eigenvalue weighted by Crippen LogP contribution is 2.09. The maximum atomic E-state index is 12.0. The third-order valence-electron chi connectivity index (χ3n) is 3.12. The monoisotopic (exact) mass is 280 g/mol. The van der Waals surface area contributed by atoms with Crippen LogP contribution < -0.4 is 10.6 Å². The molecule has 0 aliphatic carbocycles. The molecule has 1 aromatic carbocycles. The van der Waals surface area contributed by atoms with Crippen molar-refractivity contribution >= 4 is 18.3 Å². The largest absolute Gasteiger partial charge is 0.348 e. The molecule has 2 N–H and O–H groups in total. The minimum Gasteiger partial charge on any atom is -0.348 e. The number of benzene rings is 1. The van der Waals surface area contributed by atoms with Crippen LogP contribution in [0.15, 0.2) is 29.8 Å². The predicted octanol–water partition coefficient (Wildman–Crippen LogP) is 2.37. The molecular formula is C15H21ClN2O. The zero-order chi connectivity index (χ0) is 13.0. The number of nitrogens with one attached hydrogen (secondary N) is 2. The first-order valence-electron chi connectivity index (χ1n) is 6.40. The zero-order valence-corrected chi connectivity index (χ0v) is 12.3. The first kappa shape index (κ1) is 15.7. The fourth-order valence-electron chi connectivity index (χ4n) is 2.23. The molecule has 0 spiro atoms. The summed E-state index contributed by atoms with van der Waals surface area (Å²) in [7, 11) is 0. The van der Waals surface area contributed by atoms with Crippen LogP contribution in [-0.2, 0) is 0 Å². The van der Waals surface area contributed by atoms with Gasteiger partial charge in [-0.2, -0.15) is 0 Å². The van der Waals surface area contributed by atoms with Crippen molar-refractivity contribution < 1.29 is 4.79 Å². The van der Waals surface area contributed by atoms with Gasteiger partial charge in [-0.05, 0) is 38.9 Å². The second-order valence-electron chi connectivity index (χ2n) is 4.88. The lowest BCUT2D eigenvalue weighted by molar-refractivity contribution is 0.0956. The third-order valence-corrected chi connectivity index (χ3v) is 3.12. The molecule has 0 saturated carbocycles. The van der Waals surface area contributed by atoms with Crippen molar-refractivity contribution in [3.8, 4) is 0 Å². The summed E-state index contributed by atoms with van der Waals surface area (Å²) in [5.74, 6) is 0.0150. The molecule has 0 fully saturated rings. The highest BCUT2D eigenvalue weighted by atomic mass is 35.5. The Balaban J connectivity index is 0.00000180. The van der Waals surface area contributed by atoms with E-state index in [1.165, 1.54) is 5.57 Å². The number of halogens is 1. The average Bonchev–Trinajstić information content (AvgIpc) is 2.36. The average molecular weight is 281 g/mol. The Labute approximate surface area is 120 Å². The van der Waals surface area contributed by atoms with Gasteiger partial charge in [-0.15, -0.1) is 12.4 Å². The molecule has 0 radical (unpaired) electrons. The number of rotatable bonds is 3. The van der Waals surface area contributed by atoms with Crippen LogP contribution in [0.4, 0.5) is 0 Å². The van der Waals surface area contributed by atoms with Gasteiger partial charge in [0.25, 0.3) is 5.91 Å². The van der Waals surface area contributed by atoms with Crippen molar-refractivity contribution in [1.82, 2.24) is 10.6 Å². The van der Waals surface area contributed by atoms with E-state index in [-0.39, 0.29) is 18.3 Å². The Morgan fingerprint density at radius 2 is 1.95 bits per heavy atom. The molecule has 4 heteroatoms. The summed E-state index contributed by atoms with van der Waals surface area (Å²) in [5.41, 5.74) is 4.32. The van der Waals surface area contributed by atoms with Gasteiger partial charge in [0.05, 0.1) is 0 Å². The minimum absolute atomic E-state index is 0. The van der Waals surface area contributed by atoms with Gasteiger partial charge in [-0.3, -0.25) is 4.79 Å². The fraction of sp³-hybridized carbons (Fsp3) is 0.400. The molecule has 0 bridgehead atoms. The van der Waals surface area contributed by atoms with E-state index in [9.17, 15) is 4.79 Å². The van der Waals surface area contributed by atoms with Crippen molar-refractivity contribution in [2.45, 2.75) is 20.3 Å². The van der Waals surface area contributed by atoms with Crippen LogP contribution in [-0.4, -0.2) is 25.5 Å². The van der Waals surface area contributed by atoms with E-state index in [0.29, 0.717) is 6.54 Å². The lowest BCUT2D eigenvalue weighted by Gasteiger charge is -2.14. The smallest absolute Gasteiger partial charge is 0.251 e. The molecule has 1 aromatic rings. The predicted molar refractivity (Wildman–Crippen MR) is 81.1 cm³/mol. The second kappa shape index (κ2) is 7.31. The summed E-state index contributed by atoms with van der Waals surface area (Å²) in [6.45, 7) is 6.60. The van der Waals surface area contributed by atoms with Crippen LogP contribution in [0.1, 0.15) is 27.9 Å². The van der Waals surface area contributed by atoms with Gasteiger partial charge < -0.3 is 10.6 Å². The highest BCUT2D eigenvalue weighted by molar-refractivity contribution is 5.94. The van der Waals surface area contributed by atoms with Crippen molar-refractivity contribution in [3.63, 3.8) is 0 Å². The summed E-state index contributed by atoms with van der Waals surface area (Å²) in [6.07, 6.45) is 3.18. The van der Waals surface area contributed by atoms with E-state index < -0.39 is 0 Å². The van der Waals surface area contributed by atoms with Crippen LogP contribution in [0.25, 0.3) is 0 Å². The Kier molecular flexibility index (Phi) is 6.06. The van der Waals surface area contributed by atoms with E-state index in [1.807, 2.05) is 26.0 Å². The van der Waals surface area contributed by atoms with Gasteiger partial charge in [-0.25, -0.2) is 0 Å². The SMILES string of the molecule is Cc1cc(C)cc(C(=O)NCC2=CCNCC2)c1.Cl. The molecule has 3 nitrogen and oxygen atoms in total. The number of carbonyl (C=O) groups excluding carboxylic acids is 1. The van der Waals surface area contributed by atoms with Crippen molar-refractivity contribution in [1.29, 1.82) is 0 Å². The Morgan fingerprint density at radius 1 is 1.26 bits per heavy atom. The molecular weight excluding hydrogens is 260 g/mol. The molecule has 0 unspecified atom stereocenters. The normalized spacial score (nSPS) is 14.3. The van der Waals surface area contributed by atoms with E-state index in [4.69, 9.17) is 0 Å². The summed E-state index contributed by atoms with van der Waals surface area (Å²) in [4.78, 5) is 12.0. The summed E-state index contributed by atoms with van der Waals surface area (Å²) in [6, 6.07) is 5.93. The lowest BCUT2D eigenvalue weighted by Crippen LogP contribution is -2.29. The standard InChI is InChI=1S/C15H20N2O.ClH/c1-11-7-12(2)9-14(8-11)15(18)17-10-13-3-5-16-6-4-13;/h3,7-9,16H,4-6,10H2,1-2H3,(H,17,18);1H. The van der Waals surface area contributed by atoms with Gasteiger partial charge in [0, 0.05) is 18.7 Å². The van der Waals surface area contributed by atoms with Crippen LogP contribution in [0.2, 0.25) is 0 Å². The zero-order valence-electron chi connectivity index (χ0n) is 11.5. The molecule has 1 aliphatic heterocycles. The van der Waals surface area contributed by atoms with Crippen molar-refractivity contribution in [2.24, 2.45) is 0 Å². The van der Waals surface area contributed by atoms with E-state index >= 15 is 0 Å².